The summed E-state index contributed by atoms with van der Waals surface area (Å²) in [5.41, 5.74) is 13.9. The van der Waals surface area contributed by atoms with Gasteiger partial charge >= 0.3 is 0 Å². The molecule has 52 heavy (non-hydrogen) atoms. The van der Waals surface area contributed by atoms with Crippen molar-refractivity contribution in [3.8, 4) is 33.4 Å². The second-order valence-corrected chi connectivity index (χ2v) is 14.0. The van der Waals surface area contributed by atoms with Crippen LogP contribution in [0.4, 0.5) is 0 Å². The maximum atomic E-state index is 6.47. The van der Waals surface area contributed by atoms with E-state index in [-0.39, 0.29) is 0 Å². The van der Waals surface area contributed by atoms with Crippen molar-refractivity contribution in [1.82, 2.24) is 0 Å². The summed E-state index contributed by atoms with van der Waals surface area (Å²) in [4.78, 5) is 0. The van der Waals surface area contributed by atoms with Gasteiger partial charge in [0.15, 0.2) is 0 Å². The number of rotatable bonds is 4. The van der Waals surface area contributed by atoms with Gasteiger partial charge in [0, 0.05) is 10.8 Å². The van der Waals surface area contributed by atoms with Crippen LogP contribution in [-0.4, -0.2) is 0 Å². The van der Waals surface area contributed by atoms with Crippen molar-refractivity contribution in [1.29, 1.82) is 0 Å². The van der Waals surface area contributed by atoms with E-state index in [0.717, 1.165) is 27.5 Å². The highest BCUT2D eigenvalue weighted by Crippen LogP contribution is 2.58. The van der Waals surface area contributed by atoms with Crippen LogP contribution in [0.5, 0.6) is 0 Å². The predicted octanol–water partition coefficient (Wildman–Crippen LogP) is 13.6. The summed E-state index contributed by atoms with van der Waals surface area (Å²) in [5, 5.41) is 7.21. The van der Waals surface area contributed by atoms with Gasteiger partial charge in [-0.25, -0.2) is 0 Å². The summed E-state index contributed by atoms with van der Waals surface area (Å²) in [6.07, 6.45) is 0. The monoisotopic (exact) mass is 660 g/mol. The molecule has 0 saturated heterocycles. The van der Waals surface area contributed by atoms with Gasteiger partial charge in [0.05, 0.1) is 5.41 Å². The fourth-order valence-electron chi connectivity index (χ4n) is 8.96. The third kappa shape index (κ3) is 4.17. The second-order valence-electron chi connectivity index (χ2n) is 14.0. The largest absolute Gasteiger partial charge is 0.456 e. The van der Waals surface area contributed by atoms with Crippen molar-refractivity contribution in [2.24, 2.45) is 0 Å². The molecule has 0 saturated carbocycles. The van der Waals surface area contributed by atoms with Crippen LogP contribution >= 0.6 is 0 Å². The van der Waals surface area contributed by atoms with Crippen LogP contribution in [0.2, 0.25) is 0 Å². The Bertz CT molecular complexity index is 2950. The van der Waals surface area contributed by atoms with E-state index in [1.54, 1.807) is 0 Å². The normalized spacial score (nSPS) is 13.2. The first kappa shape index (κ1) is 29.1. The molecule has 0 unspecified atom stereocenters. The van der Waals surface area contributed by atoms with E-state index in [9.17, 15) is 0 Å². The first-order valence-electron chi connectivity index (χ1n) is 18.0. The first-order valence-corrected chi connectivity index (χ1v) is 18.0. The molecular formula is C51H32O. The molecular weight excluding hydrogens is 629 g/mol. The number of fused-ring (bicyclic) bond motifs is 9. The van der Waals surface area contributed by atoms with Gasteiger partial charge in [-0.15, -0.1) is 0 Å². The maximum Gasteiger partial charge on any atom is 0.136 e. The molecule has 1 heterocycles. The number of benzene rings is 9. The van der Waals surface area contributed by atoms with Crippen molar-refractivity contribution in [3.63, 3.8) is 0 Å². The van der Waals surface area contributed by atoms with Crippen molar-refractivity contribution < 1.29 is 4.42 Å². The van der Waals surface area contributed by atoms with Gasteiger partial charge in [0.2, 0.25) is 0 Å². The molecule has 1 aliphatic rings. The molecule has 0 atom stereocenters. The third-order valence-corrected chi connectivity index (χ3v) is 11.3. The molecule has 0 N–H and O–H groups in total. The van der Waals surface area contributed by atoms with Crippen molar-refractivity contribution in [2.75, 3.05) is 0 Å². The summed E-state index contributed by atoms with van der Waals surface area (Å²) < 4.78 is 6.47. The molecule has 1 aromatic heterocycles. The molecule has 0 spiro atoms. The highest BCUT2D eigenvalue weighted by molar-refractivity contribution is 6.11. The van der Waals surface area contributed by atoms with Crippen LogP contribution < -0.4 is 0 Å². The highest BCUT2D eigenvalue weighted by Gasteiger charge is 2.47. The van der Waals surface area contributed by atoms with Crippen molar-refractivity contribution in [2.45, 2.75) is 5.41 Å². The summed E-state index contributed by atoms with van der Waals surface area (Å²) in [7, 11) is 0. The molecule has 11 rings (SSSR count). The standard InChI is InChI=1S/C51H32O/c1-4-12-33(13-5-1)37-21-25-43-45-27-23-39-28-36(38-22-26-44-46-29-34-14-10-11-15-35(34)31-49(46)52-48(44)32-38)20-24-42(39)50(45)51(47(43)30-37,40-16-6-2-7-17-40)41-18-8-3-9-19-41/h1-32H. The van der Waals surface area contributed by atoms with E-state index in [4.69, 9.17) is 4.42 Å². The van der Waals surface area contributed by atoms with Gasteiger partial charge in [-0.2, -0.15) is 0 Å². The number of furan rings is 1. The molecule has 9 aromatic carbocycles. The lowest BCUT2D eigenvalue weighted by molar-refractivity contribution is 0.669. The van der Waals surface area contributed by atoms with Gasteiger partial charge in [0.25, 0.3) is 0 Å². The summed E-state index contributed by atoms with van der Waals surface area (Å²) >= 11 is 0. The Kier molecular flexibility index (Phi) is 6.23. The molecule has 0 fully saturated rings. The fourth-order valence-corrected chi connectivity index (χ4v) is 8.96. The Hall–Kier alpha value is -6.70. The predicted molar refractivity (Wildman–Crippen MR) is 217 cm³/mol. The zero-order valence-corrected chi connectivity index (χ0v) is 28.4. The van der Waals surface area contributed by atoms with Gasteiger partial charge in [0.1, 0.15) is 11.2 Å². The van der Waals surface area contributed by atoms with Crippen LogP contribution in [0.3, 0.4) is 0 Å². The fraction of sp³-hybridized carbons (Fsp3) is 0.0196. The Morgan fingerprint density at radius 2 is 0.885 bits per heavy atom. The van der Waals surface area contributed by atoms with Gasteiger partial charge in [-0.05, 0) is 114 Å². The lowest BCUT2D eigenvalue weighted by atomic mass is 9.66. The van der Waals surface area contributed by atoms with Crippen LogP contribution in [0, 0.1) is 0 Å². The molecule has 0 aliphatic heterocycles. The molecule has 10 aromatic rings. The van der Waals surface area contributed by atoms with Crippen molar-refractivity contribution in [3.05, 3.63) is 216 Å². The number of hydrogen-bond acceptors (Lipinski definition) is 1. The van der Waals surface area contributed by atoms with Crippen LogP contribution in [0.25, 0.3) is 76.9 Å². The molecule has 0 radical (unpaired) electrons. The minimum atomic E-state index is -0.504. The van der Waals surface area contributed by atoms with E-state index < -0.39 is 5.41 Å². The summed E-state index contributed by atoms with van der Waals surface area (Å²) in [5.74, 6) is 0. The minimum Gasteiger partial charge on any atom is -0.456 e. The van der Waals surface area contributed by atoms with Crippen molar-refractivity contribution >= 4 is 43.5 Å². The first-order chi connectivity index (χ1) is 25.8. The molecule has 0 amide bonds. The minimum absolute atomic E-state index is 0.504. The molecule has 1 nitrogen and oxygen atoms in total. The SMILES string of the molecule is c1ccc(-c2ccc3c(c2)C(c2ccccc2)(c2ccccc2)c2c-3ccc3cc(-c4ccc5c(c4)oc4cc6ccccc6cc45)ccc23)cc1. The highest BCUT2D eigenvalue weighted by atomic mass is 16.3. The maximum absolute atomic E-state index is 6.47. The zero-order chi connectivity index (χ0) is 34.2. The smallest absolute Gasteiger partial charge is 0.136 e. The van der Waals surface area contributed by atoms with Crippen LogP contribution in [0.1, 0.15) is 22.3 Å². The van der Waals surface area contributed by atoms with Gasteiger partial charge in [-0.1, -0.05) is 158 Å². The quantitative estimate of drug-likeness (QED) is 0.183. The summed E-state index contributed by atoms with van der Waals surface area (Å²) in [6, 6.07) is 71.2. The Morgan fingerprint density at radius 1 is 0.327 bits per heavy atom. The molecule has 1 aliphatic carbocycles. The number of hydrogen-bond donors (Lipinski definition) is 0. The Balaban J connectivity index is 1.14. The van der Waals surface area contributed by atoms with E-state index in [2.05, 4.69) is 194 Å². The molecule has 1 heteroatoms. The van der Waals surface area contributed by atoms with E-state index in [1.807, 2.05) is 0 Å². The zero-order valence-electron chi connectivity index (χ0n) is 28.4. The molecule has 242 valence electrons. The van der Waals surface area contributed by atoms with Crippen LogP contribution in [0.15, 0.2) is 199 Å². The molecule has 0 bridgehead atoms. The topological polar surface area (TPSA) is 13.1 Å². The average molecular weight is 661 g/mol. The Morgan fingerprint density at radius 3 is 1.62 bits per heavy atom. The van der Waals surface area contributed by atoms with E-state index >= 15 is 0 Å². The third-order valence-electron chi connectivity index (χ3n) is 11.3. The average Bonchev–Trinajstić information content (AvgIpc) is 3.73. The lowest BCUT2D eigenvalue weighted by Gasteiger charge is -2.35. The van der Waals surface area contributed by atoms with Gasteiger partial charge in [-0.3, -0.25) is 0 Å². The Labute approximate surface area is 302 Å². The van der Waals surface area contributed by atoms with Gasteiger partial charge < -0.3 is 4.42 Å². The van der Waals surface area contributed by atoms with E-state index in [0.29, 0.717) is 0 Å². The second kappa shape index (κ2) is 11.2. The lowest BCUT2D eigenvalue weighted by Crippen LogP contribution is -2.28. The van der Waals surface area contributed by atoms with E-state index in [1.165, 1.54) is 71.6 Å². The van der Waals surface area contributed by atoms with Crippen LogP contribution in [-0.2, 0) is 5.41 Å². The summed E-state index contributed by atoms with van der Waals surface area (Å²) in [6.45, 7) is 0.